The summed E-state index contributed by atoms with van der Waals surface area (Å²) in [6, 6.07) is 48.9. The first kappa shape index (κ1) is 84.6. The number of pyridine rings is 6. The van der Waals surface area contributed by atoms with Crippen LogP contribution < -0.4 is 33.7 Å². The topological polar surface area (TPSA) is 297 Å². The van der Waals surface area contributed by atoms with Gasteiger partial charge in [-0.2, -0.15) is 31.1 Å². The summed E-state index contributed by atoms with van der Waals surface area (Å²) in [6.07, 6.45) is 25.8. The van der Waals surface area contributed by atoms with Gasteiger partial charge in [0.25, 0.3) is 0 Å². The van der Waals surface area contributed by atoms with Crippen LogP contribution in [0.3, 0.4) is 0 Å². The van der Waals surface area contributed by atoms with Crippen molar-refractivity contribution in [3.63, 3.8) is 0 Å². The van der Waals surface area contributed by atoms with Crippen LogP contribution in [0.5, 0.6) is 34.5 Å². The van der Waals surface area contributed by atoms with Crippen molar-refractivity contribution < 1.29 is 43.7 Å². The molecule has 0 saturated carbocycles. The molecule has 3 aromatic carbocycles. The van der Waals surface area contributed by atoms with Gasteiger partial charge < -0.3 is 49.1 Å². The molecule has 598 valence electrons. The van der Waals surface area contributed by atoms with E-state index in [0.717, 1.165) is 146 Å². The van der Waals surface area contributed by atoms with Gasteiger partial charge in [0.05, 0.1) is 126 Å². The molecule has 0 radical (unpaired) electrons. The van der Waals surface area contributed by atoms with Crippen LogP contribution in [0.2, 0.25) is 0 Å². The third-order valence-electron chi connectivity index (χ3n) is 19.5. The first-order valence-electron chi connectivity index (χ1n) is 38.3. The number of rotatable bonds is 23. The molecule has 4 N–H and O–H groups in total. The summed E-state index contributed by atoms with van der Waals surface area (Å²) in [5, 5.41) is 75.1. The Morgan fingerprint density at radius 3 is 1.01 bits per heavy atom. The van der Waals surface area contributed by atoms with Crippen molar-refractivity contribution in [1.29, 1.82) is 15.8 Å². The number of nitriles is 3. The fourth-order valence-electron chi connectivity index (χ4n) is 13.3. The third kappa shape index (κ3) is 22.4. The molecule has 0 bridgehead atoms. The molecule has 0 saturated heterocycles. The van der Waals surface area contributed by atoms with Crippen molar-refractivity contribution in [3.05, 3.63) is 252 Å². The lowest BCUT2D eigenvalue weighted by Gasteiger charge is -2.26. The normalized spacial score (nSPS) is 13.8. The molecule has 0 aliphatic carbocycles. The molecule has 0 atom stereocenters. The van der Waals surface area contributed by atoms with E-state index in [-0.39, 0.29) is 32.2 Å². The molecule has 0 spiro atoms. The first-order chi connectivity index (χ1) is 55.5. The number of aromatic nitrogens is 9. The minimum atomic E-state index is -0.974. The average molecular weight is 1580 g/mol. The number of hydrogen-bond donors (Lipinski definition) is 4. The van der Waals surface area contributed by atoms with Gasteiger partial charge in [0.15, 0.2) is 0 Å². The van der Waals surface area contributed by atoms with E-state index in [0.29, 0.717) is 50.5 Å². The summed E-state index contributed by atoms with van der Waals surface area (Å²) < 4.78 is 37.9. The summed E-state index contributed by atoms with van der Waals surface area (Å²) in [5.74, 6) is 4.34. The van der Waals surface area contributed by atoms with Crippen molar-refractivity contribution >= 4 is 45.7 Å². The molecular weight excluding hydrogens is 1480 g/mol. The molecule has 12 heterocycles. The van der Waals surface area contributed by atoms with E-state index in [1.807, 2.05) is 110 Å². The number of nitrogens with zero attached hydrogens (tertiary/aromatic N) is 14. The Kier molecular flexibility index (Phi) is 28.2. The SMILES string of the molecule is CC(C)(O)COc1cc(-c2ccc(C3=CCNCC3)nc2)c2c(C#N)cnn2c1.CCc1ccc(OC)cc1.COc1ccc(CN2CC=C(c3ccc(-c4cc(OCC(C)(C)O)cn5ncc(C#N)c45)cn3)CC2)cc1.COc1ccc(CN2CC=C(c3ccc(-c4cc(OCC(C)(C)O)cn5ncc(C#N)c45)cn3)CC2)cc1.Cl. The van der Waals surface area contributed by atoms with Crippen LogP contribution >= 0.6 is 12.4 Å². The van der Waals surface area contributed by atoms with E-state index in [1.54, 1.807) is 114 Å². The summed E-state index contributed by atoms with van der Waals surface area (Å²) in [6.45, 7) is 19.9. The van der Waals surface area contributed by atoms with Crippen LogP contribution in [0.25, 0.3) is 66.7 Å². The van der Waals surface area contributed by atoms with Crippen LogP contribution in [0.15, 0.2) is 201 Å². The van der Waals surface area contributed by atoms with Crippen LogP contribution in [0.1, 0.15) is 118 Å². The monoisotopic (exact) mass is 1580 g/mol. The van der Waals surface area contributed by atoms with Gasteiger partial charge in [0, 0.05) is 97.8 Å². The van der Waals surface area contributed by atoms with Gasteiger partial charge in [-0.25, -0.2) is 13.5 Å². The van der Waals surface area contributed by atoms with Gasteiger partial charge in [0.1, 0.15) is 72.5 Å². The fraction of sp³-hybridized carbons (Fsp3) is 0.308. The van der Waals surface area contributed by atoms with Gasteiger partial charge in [-0.1, -0.05) is 79.7 Å². The van der Waals surface area contributed by atoms with Crippen molar-refractivity contribution in [2.45, 2.75) is 104 Å². The van der Waals surface area contributed by atoms with Crippen molar-refractivity contribution in [2.75, 3.05) is 80.4 Å². The zero-order chi connectivity index (χ0) is 81.2. The number of nitrogens with one attached hydrogen (secondary N) is 1. The van der Waals surface area contributed by atoms with Crippen LogP contribution in [0.4, 0.5) is 0 Å². The highest BCUT2D eigenvalue weighted by molar-refractivity contribution is 5.88. The van der Waals surface area contributed by atoms with E-state index < -0.39 is 16.8 Å². The molecule has 15 rings (SSSR count). The van der Waals surface area contributed by atoms with E-state index in [4.69, 9.17) is 38.4 Å². The minimum Gasteiger partial charge on any atom is -0.497 e. The predicted octanol–water partition coefficient (Wildman–Crippen LogP) is 14.9. The smallest absolute Gasteiger partial charge is 0.138 e. The molecule has 0 amide bonds. The Bertz CT molecular complexity index is 5290. The number of hydrogen-bond acceptors (Lipinski definition) is 21. The Morgan fingerprint density at radius 2 is 0.750 bits per heavy atom. The zero-order valence-corrected chi connectivity index (χ0v) is 67.9. The van der Waals surface area contributed by atoms with E-state index in [9.17, 15) is 31.1 Å². The van der Waals surface area contributed by atoms with Gasteiger partial charge in [-0.3, -0.25) is 24.8 Å². The summed E-state index contributed by atoms with van der Waals surface area (Å²) in [4.78, 5) is 19.0. The Morgan fingerprint density at radius 1 is 0.422 bits per heavy atom. The van der Waals surface area contributed by atoms with Crippen LogP contribution in [-0.2, 0) is 19.5 Å². The van der Waals surface area contributed by atoms with Crippen LogP contribution in [-0.4, -0.2) is 166 Å². The molecular formula is C91H98ClN15O9. The quantitative estimate of drug-likeness (QED) is 0.0462. The average Bonchev–Trinajstić information content (AvgIpc) is 1.59. The molecule has 3 aliphatic heterocycles. The van der Waals surface area contributed by atoms with E-state index >= 15 is 0 Å². The molecule has 24 nitrogen and oxygen atoms in total. The lowest BCUT2D eigenvalue weighted by molar-refractivity contribution is 0.0280. The Labute approximate surface area is 682 Å². The second-order valence-corrected chi connectivity index (χ2v) is 30.3. The predicted molar refractivity (Wildman–Crippen MR) is 452 cm³/mol. The molecule has 0 fully saturated rings. The molecule has 116 heavy (non-hydrogen) atoms. The van der Waals surface area contributed by atoms with Gasteiger partial charge >= 0.3 is 0 Å². The van der Waals surface area contributed by atoms with E-state index in [1.165, 1.54) is 33.4 Å². The molecule has 12 aromatic rings. The highest BCUT2D eigenvalue weighted by Gasteiger charge is 2.24. The standard InChI is InChI=1S/2C30H31N5O3.C22H23N5O2.C9H12O.ClH/c2*1-30(2,36)20-38-26-14-27(29-24(15-31)17-33-35(29)19-26)23-6-9-28(32-16-23)22-10-12-34(13-11-22)18-21-4-7-25(37-3)8-5-21;1-22(2,28)14-29-18-9-19(21-17(10-23)12-26-27(21)13-18)16-3-4-20(25-11-16)15-5-7-24-8-6-15;1-3-8-4-6-9(10-2)7-5-8;/h2*4-10,14,16-17,19,36H,11-13,18,20H2,1-3H3;3-5,9,11-13,24,28H,6-8,14H2,1-2H3;4-7H,3H2,1-2H3;1H. The maximum atomic E-state index is 10.1. The lowest BCUT2D eigenvalue weighted by Crippen LogP contribution is -2.28. The molecule has 3 aliphatic rings. The highest BCUT2D eigenvalue weighted by Crippen LogP contribution is 2.37. The highest BCUT2D eigenvalue weighted by atomic mass is 35.5. The number of benzene rings is 3. The second-order valence-electron chi connectivity index (χ2n) is 30.3. The Balaban J connectivity index is 0.000000162. The number of halogens is 1. The first-order valence-corrected chi connectivity index (χ1v) is 38.3. The zero-order valence-electron chi connectivity index (χ0n) is 67.1. The largest absolute Gasteiger partial charge is 0.497 e. The number of fused-ring (bicyclic) bond motifs is 3. The van der Waals surface area contributed by atoms with Crippen molar-refractivity contribution in [1.82, 2.24) is 58.9 Å². The number of aliphatic hydroxyl groups is 3. The summed E-state index contributed by atoms with van der Waals surface area (Å²) in [7, 11) is 5.04. The number of ether oxygens (including phenoxy) is 6. The van der Waals surface area contributed by atoms with Gasteiger partial charge in [-0.05, 0) is 180 Å². The van der Waals surface area contributed by atoms with Gasteiger partial charge in [0.2, 0.25) is 0 Å². The molecule has 9 aromatic heterocycles. The number of aryl methyl sites for hydroxylation is 1. The molecule has 0 unspecified atom stereocenters. The maximum Gasteiger partial charge on any atom is 0.138 e. The van der Waals surface area contributed by atoms with Crippen molar-refractivity contribution in [2.24, 2.45) is 0 Å². The minimum absolute atomic E-state index is 0. The maximum absolute atomic E-state index is 10.1. The Hall–Kier alpha value is -12.3. The second kappa shape index (κ2) is 38.7. The van der Waals surface area contributed by atoms with Gasteiger partial charge in [-0.15, -0.1) is 12.4 Å². The van der Waals surface area contributed by atoms with E-state index in [2.05, 4.69) is 115 Å². The fourth-order valence-corrected chi connectivity index (χ4v) is 13.3. The summed E-state index contributed by atoms with van der Waals surface area (Å²) >= 11 is 0. The number of methoxy groups -OCH3 is 3. The summed E-state index contributed by atoms with van der Waals surface area (Å²) in [5.41, 5.74) is 16.1. The van der Waals surface area contributed by atoms with Crippen LogP contribution in [0, 0.1) is 34.0 Å². The lowest BCUT2D eigenvalue weighted by atomic mass is 10.0. The third-order valence-corrected chi connectivity index (χ3v) is 19.5. The molecule has 25 heteroatoms. The van der Waals surface area contributed by atoms with Crippen molar-refractivity contribution in [3.8, 4) is 86.1 Å².